The number of methoxy groups -OCH3 is 2. The van der Waals surface area contributed by atoms with Crippen LogP contribution in [0.2, 0.25) is 5.02 Å². The molecule has 2 aromatic rings. The quantitative estimate of drug-likeness (QED) is 0.753. The van der Waals surface area contributed by atoms with Crippen molar-refractivity contribution in [2.24, 2.45) is 5.14 Å². The van der Waals surface area contributed by atoms with Gasteiger partial charge in [-0.3, -0.25) is 4.72 Å². The van der Waals surface area contributed by atoms with Gasteiger partial charge < -0.3 is 9.47 Å². The molecule has 8 nitrogen and oxygen atoms in total. The van der Waals surface area contributed by atoms with Crippen LogP contribution in [0, 0.1) is 0 Å². The molecule has 0 amide bonds. The van der Waals surface area contributed by atoms with Crippen LogP contribution < -0.4 is 19.3 Å². The SMILES string of the molecule is COc1cc(NS(=O)(=O)c2cccc(S(N)(=O)=O)c2)c(OC)cc1Cl. The Morgan fingerprint density at radius 3 is 2.12 bits per heavy atom. The Bertz CT molecular complexity index is 1010. The van der Waals surface area contributed by atoms with Gasteiger partial charge >= 0.3 is 0 Å². The highest BCUT2D eigenvalue weighted by Gasteiger charge is 2.20. The summed E-state index contributed by atoms with van der Waals surface area (Å²) in [6.45, 7) is 0. The molecular weight excluding hydrogens is 392 g/mol. The number of benzene rings is 2. The predicted molar refractivity (Wildman–Crippen MR) is 93.2 cm³/mol. The fraction of sp³-hybridized carbons (Fsp3) is 0.143. The lowest BCUT2D eigenvalue weighted by atomic mass is 10.3. The maximum absolute atomic E-state index is 12.6. The average Bonchev–Trinajstić information content (AvgIpc) is 2.55. The van der Waals surface area contributed by atoms with Gasteiger partial charge in [0.1, 0.15) is 11.5 Å². The fourth-order valence-corrected chi connectivity index (χ4v) is 3.93. The molecule has 2 rings (SSSR count). The van der Waals surface area contributed by atoms with Crippen molar-refractivity contribution in [2.75, 3.05) is 18.9 Å². The maximum atomic E-state index is 12.6. The Balaban J connectivity index is 2.50. The van der Waals surface area contributed by atoms with E-state index in [0.29, 0.717) is 0 Å². The second-order valence-electron chi connectivity index (χ2n) is 4.81. The highest BCUT2D eigenvalue weighted by atomic mass is 35.5. The summed E-state index contributed by atoms with van der Waals surface area (Å²) in [4.78, 5) is -0.606. The van der Waals surface area contributed by atoms with Crippen molar-refractivity contribution in [1.82, 2.24) is 0 Å². The molecule has 0 aliphatic carbocycles. The van der Waals surface area contributed by atoms with Crippen molar-refractivity contribution >= 4 is 37.3 Å². The van der Waals surface area contributed by atoms with Crippen LogP contribution in [0.25, 0.3) is 0 Å². The van der Waals surface area contributed by atoms with Crippen LogP contribution >= 0.6 is 11.6 Å². The summed E-state index contributed by atoms with van der Waals surface area (Å²) in [5, 5.41) is 5.26. The zero-order valence-electron chi connectivity index (χ0n) is 13.2. The molecule has 0 bridgehead atoms. The molecule has 136 valence electrons. The van der Waals surface area contributed by atoms with Gasteiger partial charge in [0.05, 0.1) is 34.7 Å². The Hall–Kier alpha value is -2.01. The number of halogens is 1. The summed E-state index contributed by atoms with van der Waals surface area (Å²) < 4.78 is 60.4. The van der Waals surface area contributed by atoms with Gasteiger partial charge in [0.15, 0.2) is 0 Å². The molecule has 0 aliphatic rings. The van der Waals surface area contributed by atoms with E-state index in [1.165, 1.54) is 44.6 Å². The molecule has 25 heavy (non-hydrogen) atoms. The second-order valence-corrected chi connectivity index (χ2v) is 8.46. The minimum absolute atomic E-state index is 0.0739. The maximum Gasteiger partial charge on any atom is 0.262 e. The van der Waals surface area contributed by atoms with E-state index in [2.05, 4.69) is 4.72 Å². The van der Waals surface area contributed by atoms with Gasteiger partial charge in [0.25, 0.3) is 10.0 Å². The first-order chi connectivity index (χ1) is 11.6. The van der Waals surface area contributed by atoms with Crippen molar-refractivity contribution in [1.29, 1.82) is 0 Å². The third kappa shape index (κ3) is 4.34. The Morgan fingerprint density at radius 2 is 1.56 bits per heavy atom. The molecule has 0 saturated carbocycles. The number of nitrogens with one attached hydrogen (secondary N) is 1. The van der Waals surface area contributed by atoms with Crippen LogP contribution in [-0.2, 0) is 20.0 Å². The Morgan fingerprint density at radius 1 is 0.960 bits per heavy atom. The van der Waals surface area contributed by atoms with Crippen LogP contribution in [0.4, 0.5) is 5.69 Å². The van der Waals surface area contributed by atoms with Crippen molar-refractivity contribution in [3.63, 3.8) is 0 Å². The summed E-state index contributed by atoms with van der Waals surface area (Å²) in [5.74, 6) is 0.399. The number of sulfonamides is 2. The molecule has 2 aromatic carbocycles. The number of nitrogens with two attached hydrogens (primary N) is 1. The normalized spacial score (nSPS) is 11.8. The van der Waals surface area contributed by atoms with Crippen LogP contribution in [0.5, 0.6) is 11.5 Å². The Labute approximate surface area is 150 Å². The standard InChI is InChI=1S/C14H15ClN2O6S2/c1-22-13-8-12(14(23-2)7-11(13)15)17-25(20,21)10-5-3-4-9(6-10)24(16,18)19/h3-8,17H,1-2H3,(H2,16,18,19). The van der Waals surface area contributed by atoms with E-state index in [-0.39, 0.29) is 32.0 Å². The minimum atomic E-state index is -4.12. The molecule has 0 radical (unpaired) electrons. The number of rotatable bonds is 6. The van der Waals surface area contributed by atoms with Crippen LogP contribution in [0.1, 0.15) is 0 Å². The van der Waals surface area contributed by atoms with Crippen molar-refractivity contribution in [3.8, 4) is 11.5 Å². The highest BCUT2D eigenvalue weighted by Crippen LogP contribution is 2.37. The van der Waals surface area contributed by atoms with E-state index in [0.717, 1.165) is 6.07 Å². The van der Waals surface area contributed by atoms with Gasteiger partial charge in [0.2, 0.25) is 10.0 Å². The monoisotopic (exact) mass is 406 g/mol. The van der Waals surface area contributed by atoms with Crippen molar-refractivity contribution in [3.05, 3.63) is 41.4 Å². The van der Waals surface area contributed by atoms with Crippen LogP contribution in [-0.4, -0.2) is 31.1 Å². The lowest BCUT2D eigenvalue weighted by Gasteiger charge is -2.14. The highest BCUT2D eigenvalue weighted by molar-refractivity contribution is 7.93. The van der Waals surface area contributed by atoms with Gasteiger partial charge in [-0.2, -0.15) is 0 Å². The topological polar surface area (TPSA) is 125 Å². The molecule has 0 atom stereocenters. The molecule has 0 heterocycles. The van der Waals surface area contributed by atoms with E-state index in [1.54, 1.807) is 0 Å². The van der Waals surface area contributed by atoms with Crippen LogP contribution in [0.15, 0.2) is 46.2 Å². The van der Waals surface area contributed by atoms with E-state index in [4.69, 9.17) is 26.2 Å². The number of hydrogen-bond acceptors (Lipinski definition) is 6. The van der Waals surface area contributed by atoms with E-state index in [1.807, 2.05) is 0 Å². The molecule has 0 aromatic heterocycles. The van der Waals surface area contributed by atoms with E-state index in [9.17, 15) is 16.8 Å². The number of ether oxygens (including phenoxy) is 2. The zero-order chi connectivity index (χ0) is 18.8. The number of hydrogen-bond donors (Lipinski definition) is 2. The van der Waals surface area contributed by atoms with Gasteiger partial charge in [-0.25, -0.2) is 22.0 Å². The molecule has 0 unspecified atom stereocenters. The summed E-state index contributed by atoms with van der Waals surface area (Å²) in [6.07, 6.45) is 0. The van der Waals surface area contributed by atoms with Gasteiger partial charge in [0, 0.05) is 12.1 Å². The zero-order valence-corrected chi connectivity index (χ0v) is 15.6. The summed E-state index contributed by atoms with van der Waals surface area (Å²) >= 11 is 5.98. The van der Waals surface area contributed by atoms with E-state index < -0.39 is 20.0 Å². The fourth-order valence-electron chi connectivity index (χ4n) is 1.96. The number of anilines is 1. The van der Waals surface area contributed by atoms with Gasteiger partial charge in [-0.1, -0.05) is 17.7 Å². The van der Waals surface area contributed by atoms with Crippen LogP contribution in [0.3, 0.4) is 0 Å². The lowest BCUT2D eigenvalue weighted by molar-refractivity contribution is 0.405. The molecule has 0 fully saturated rings. The first-order valence-corrected chi connectivity index (χ1v) is 10.1. The third-order valence-corrected chi connectivity index (χ3v) is 5.73. The summed E-state index contributed by atoms with van der Waals surface area (Å²) in [7, 11) is -5.44. The molecule has 0 spiro atoms. The van der Waals surface area contributed by atoms with Gasteiger partial charge in [-0.15, -0.1) is 0 Å². The van der Waals surface area contributed by atoms with Crippen molar-refractivity contribution < 1.29 is 26.3 Å². The molecule has 0 aliphatic heterocycles. The van der Waals surface area contributed by atoms with Crippen molar-refractivity contribution in [2.45, 2.75) is 9.79 Å². The molecular formula is C14H15ClN2O6S2. The Kier molecular flexibility index (Phi) is 5.47. The summed E-state index contributed by atoms with van der Waals surface area (Å²) in [6, 6.07) is 7.39. The smallest absolute Gasteiger partial charge is 0.262 e. The number of primary sulfonamides is 1. The molecule has 0 saturated heterocycles. The first-order valence-electron chi connectivity index (χ1n) is 6.65. The minimum Gasteiger partial charge on any atom is -0.495 e. The van der Waals surface area contributed by atoms with Gasteiger partial charge in [-0.05, 0) is 18.2 Å². The van der Waals surface area contributed by atoms with E-state index >= 15 is 0 Å². The largest absolute Gasteiger partial charge is 0.495 e. The molecule has 3 N–H and O–H groups in total. The summed E-state index contributed by atoms with van der Waals surface area (Å²) in [5.41, 5.74) is 0.0739. The third-order valence-electron chi connectivity index (χ3n) is 3.16. The lowest BCUT2D eigenvalue weighted by Crippen LogP contribution is -2.16. The molecule has 11 heteroatoms. The first kappa shape index (κ1) is 19.3. The second kappa shape index (κ2) is 7.08. The predicted octanol–water partition coefficient (Wildman–Crippen LogP) is 1.81. The average molecular weight is 407 g/mol.